The predicted molar refractivity (Wildman–Crippen MR) is 81.3 cm³/mol. The van der Waals surface area contributed by atoms with Gasteiger partial charge in [0.25, 0.3) is 5.91 Å². The number of rotatable bonds is 5. The Bertz CT molecular complexity index is 594. The van der Waals surface area contributed by atoms with Crippen LogP contribution in [0.4, 0.5) is 5.95 Å². The molecule has 5 nitrogen and oxygen atoms in total. The van der Waals surface area contributed by atoms with Crippen molar-refractivity contribution in [2.75, 3.05) is 5.32 Å². The number of amides is 1. The molecule has 0 aliphatic rings. The van der Waals surface area contributed by atoms with E-state index < -0.39 is 6.10 Å². The van der Waals surface area contributed by atoms with Gasteiger partial charge in [0.05, 0.1) is 0 Å². The van der Waals surface area contributed by atoms with Crippen molar-refractivity contribution in [1.29, 1.82) is 0 Å². The molecule has 0 fully saturated rings. The molecule has 0 saturated heterocycles. The molecule has 1 atom stereocenters. The molecule has 0 saturated carbocycles. The molecular weight excluding hydrogens is 266 g/mol. The number of anilines is 1. The van der Waals surface area contributed by atoms with Crippen molar-refractivity contribution >= 4 is 11.9 Å². The molecule has 0 unspecified atom stereocenters. The highest BCUT2D eigenvalue weighted by Gasteiger charge is 2.19. The van der Waals surface area contributed by atoms with Crippen LogP contribution in [0.2, 0.25) is 0 Å². The third-order valence-electron chi connectivity index (χ3n) is 2.90. The molecule has 0 spiro atoms. The highest BCUT2D eigenvalue weighted by Crippen LogP contribution is 2.13. The first kappa shape index (κ1) is 15.0. The van der Waals surface area contributed by atoms with Crippen LogP contribution < -0.4 is 10.1 Å². The molecule has 110 valence electrons. The van der Waals surface area contributed by atoms with Gasteiger partial charge in [0.1, 0.15) is 5.75 Å². The van der Waals surface area contributed by atoms with Gasteiger partial charge < -0.3 is 4.74 Å². The minimum absolute atomic E-state index is 0.244. The topological polar surface area (TPSA) is 64.1 Å². The number of aryl methyl sites for hydroxylation is 2. The van der Waals surface area contributed by atoms with Crippen LogP contribution in [0.1, 0.15) is 24.7 Å². The van der Waals surface area contributed by atoms with E-state index in [0.29, 0.717) is 18.1 Å². The summed E-state index contributed by atoms with van der Waals surface area (Å²) < 4.78 is 5.69. The Morgan fingerprint density at radius 1 is 1.19 bits per heavy atom. The summed E-state index contributed by atoms with van der Waals surface area (Å²) in [5, 5.41) is 2.71. The number of hydrogen-bond acceptors (Lipinski definition) is 4. The lowest BCUT2D eigenvalue weighted by atomic mass is 10.2. The quantitative estimate of drug-likeness (QED) is 0.917. The number of para-hydroxylation sites is 1. The van der Waals surface area contributed by atoms with Crippen LogP contribution in [0, 0.1) is 13.8 Å². The van der Waals surface area contributed by atoms with Crippen molar-refractivity contribution in [2.24, 2.45) is 0 Å². The molecule has 2 rings (SSSR count). The van der Waals surface area contributed by atoms with E-state index in [-0.39, 0.29) is 5.91 Å². The first-order valence-corrected chi connectivity index (χ1v) is 6.93. The molecule has 1 aromatic heterocycles. The SMILES string of the molecule is CC[C@H](Oc1ccccc1)C(=O)Nc1nc(C)cc(C)n1. The van der Waals surface area contributed by atoms with Crippen LogP contribution in [0.3, 0.4) is 0 Å². The molecule has 0 aliphatic carbocycles. The molecule has 5 heteroatoms. The fourth-order valence-corrected chi connectivity index (χ4v) is 1.96. The molecular formula is C16H19N3O2. The molecule has 0 bridgehead atoms. The number of ether oxygens (including phenoxy) is 1. The Kier molecular flexibility index (Phi) is 4.87. The van der Waals surface area contributed by atoms with Gasteiger partial charge in [-0.2, -0.15) is 0 Å². The van der Waals surface area contributed by atoms with Crippen LogP contribution in [0.25, 0.3) is 0 Å². The average molecular weight is 285 g/mol. The normalized spacial score (nSPS) is 11.8. The van der Waals surface area contributed by atoms with E-state index in [0.717, 1.165) is 11.4 Å². The van der Waals surface area contributed by atoms with Gasteiger partial charge in [0, 0.05) is 11.4 Å². The fraction of sp³-hybridized carbons (Fsp3) is 0.312. The van der Waals surface area contributed by atoms with Crippen LogP contribution in [-0.2, 0) is 4.79 Å². The molecule has 2 aromatic rings. The van der Waals surface area contributed by atoms with Crippen molar-refractivity contribution in [1.82, 2.24) is 9.97 Å². The van der Waals surface area contributed by atoms with E-state index in [1.54, 1.807) is 0 Å². The number of nitrogens with one attached hydrogen (secondary N) is 1. The fourth-order valence-electron chi connectivity index (χ4n) is 1.96. The van der Waals surface area contributed by atoms with Crippen molar-refractivity contribution < 1.29 is 9.53 Å². The second-order valence-electron chi connectivity index (χ2n) is 4.79. The Labute approximate surface area is 124 Å². The summed E-state index contributed by atoms with van der Waals surface area (Å²) in [5.41, 5.74) is 1.63. The highest BCUT2D eigenvalue weighted by molar-refractivity contribution is 5.92. The number of nitrogens with zero attached hydrogens (tertiary/aromatic N) is 2. The van der Waals surface area contributed by atoms with E-state index in [9.17, 15) is 4.79 Å². The van der Waals surface area contributed by atoms with E-state index in [4.69, 9.17) is 4.74 Å². The largest absolute Gasteiger partial charge is 0.481 e. The lowest BCUT2D eigenvalue weighted by molar-refractivity contribution is -0.122. The van der Waals surface area contributed by atoms with Gasteiger partial charge in [-0.25, -0.2) is 9.97 Å². The van der Waals surface area contributed by atoms with Gasteiger partial charge in [0.15, 0.2) is 6.10 Å². The summed E-state index contributed by atoms with van der Waals surface area (Å²) >= 11 is 0. The van der Waals surface area contributed by atoms with E-state index >= 15 is 0 Å². The summed E-state index contributed by atoms with van der Waals surface area (Å²) in [6, 6.07) is 11.1. The Balaban J connectivity index is 2.06. The maximum atomic E-state index is 12.3. The maximum Gasteiger partial charge on any atom is 0.267 e. The number of carbonyl (C=O) groups excluding carboxylic acids is 1. The van der Waals surface area contributed by atoms with Crippen LogP contribution >= 0.6 is 0 Å². The third kappa shape index (κ3) is 4.27. The van der Waals surface area contributed by atoms with Gasteiger partial charge >= 0.3 is 0 Å². The van der Waals surface area contributed by atoms with Crippen LogP contribution in [0.15, 0.2) is 36.4 Å². The Hall–Kier alpha value is -2.43. The van der Waals surface area contributed by atoms with Crippen molar-refractivity contribution in [3.63, 3.8) is 0 Å². The van der Waals surface area contributed by atoms with E-state index in [1.807, 2.05) is 57.2 Å². The number of hydrogen-bond donors (Lipinski definition) is 1. The first-order valence-electron chi connectivity index (χ1n) is 6.93. The molecule has 1 heterocycles. The average Bonchev–Trinajstić information content (AvgIpc) is 2.44. The van der Waals surface area contributed by atoms with Gasteiger partial charge in [-0.3, -0.25) is 10.1 Å². The molecule has 1 aromatic carbocycles. The maximum absolute atomic E-state index is 12.3. The van der Waals surface area contributed by atoms with Crippen LogP contribution in [0.5, 0.6) is 5.75 Å². The summed E-state index contributed by atoms with van der Waals surface area (Å²) in [5.74, 6) is 0.736. The van der Waals surface area contributed by atoms with Gasteiger partial charge in [-0.15, -0.1) is 0 Å². The summed E-state index contributed by atoms with van der Waals surface area (Å²) in [4.78, 5) is 20.7. The van der Waals surface area contributed by atoms with Crippen molar-refractivity contribution in [3.05, 3.63) is 47.8 Å². The predicted octanol–water partition coefficient (Wildman–Crippen LogP) is 2.89. The van der Waals surface area contributed by atoms with Gasteiger partial charge in [-0.05, 0) is 38.5 Å². The summed E-state index contributed by atoms with van der Waals surface area (Å²) in [6.45, 7) is 5.62. The number of aromatic nitrogens is 2. The minimum Gasteiger partial charge on any atom is -0.481 e. The summed E-state index contributed by atoms with van der Waals surface area (Å²) in [6.07, 6.45) is -0.0114. The molecule has 0 aliphatic heterocycles. The van der Waals surface area contributed by atoms with E-state index in [2.05, 4.69) is 15.3 Å². The zero-order chi connectivity index (χ0) is 15.2. The second-order valence-corrected chi connectivity index (χ2v) is 4.79. The van der Waals surface area contributed by atoms with Gasteiger partial charge in [-0.1, -0.05) is 25.1 Å². The zero-order valence-electron chi connectivity index (χ0n) is 12.5. The lowest BCUT2D eigenvalue weighted by Crippen LogP contribution is -2.33. The standard InChI is InChI=1S/C16H19N3O2/c1-4-14(21-13-8-6-5-7-9-13)15(20)19-16-17-11(2)10-12(3)18-16/h5-10,14H,4H2,1-3H3,(H,17,18,19,20)/t14-/m0/s1. The van der Waals surface area contributed by atoms with Crippen molar-refractivity contribution in [2.45, 2.75) is 33.3 Å². The highest BCUT2D eigenvalue weighted by atomic mass is 16.5. The van der Waals surface area contributed by atoms with E-state index in [1.165, 1.54) is 0 Å². The molecule has 1 N–H and O–H groups in total. The lowest BCUT2D eigenvalue weighted by Gasteiger charge is -2.16. The summed E-state index contributed by atoms with van der Waals surface area (Å²) in [7, 11) is 0. The van der Waals surface area contributed by atoms with Gasteiger partial charge in [0.2, 0.25) is 5.95 Å². The monoisotopic (exact) mass is 285 g/mol. The van der Waals surface area contributed by atoms with Crippen LogP contribution in [-0.4, -0.2) is 22.0 Å². The second kappa shape index (κ2) is 6.83. The third-order valence-corrected chi connectivity index (χ3v) is 2.90. The molecule has 21 heavy (non-hydrogen) atoms. The zero-order valence-corrected chi connectivity index (χ0v) is 12.5. The first-order chi connectivity index (χ1) is 10.1. The number of benzene rings is 1. The Morgan fingerprint density at radius 3 is 2.38 bits per heavy atom. The molecule has 1 amide bonds. The smallest absolute Gasteiger partial charge is 0.267 e. The minimum atomic E-state index is -0.572. The Morgan fingerprint density at radius 2 is 1.81 bits per heavy atom. The number of carbonyl (C=O) groups is 1. The molecule has 0 radical (unpaired) electrons. The van der Waals surface area contributed by atoms with Crippen molar-refractivity contribution in [3.8, 4) is 5.75 Å².